The van der Waals surface area contributed by atoms with Crippen LogP contribution in [-0.2, 0) is 32.6 Å². The summed E-state index contributed by atoms with van der Waals surface area (Å²) in [5.74, 6) is 0.392. The molecule has 0 spiro atoms. The van der Waals surface area contributed by atoms with Crippen LogP contribution in [0.2, 0.25) is 13.1 Å². The summed E-state index contributed by atoms with van der Waals surface area (Å²) in [6.07, 6.45) is 9.96. The van der Waals surface area contributed by atoms with Gasteiger partial charge in [0.2, 0.25) is 0 Å². The zero-order valence-corrected chi connectivity index (χ0v) is 21.1. The maximum Gasteiger partial charge on any atom is 0.0798 e. The van der Waals surface area contributed by atoms with E-state index in [1.807, 2.05) is 0 Å². The van der Waals surface area contributed by atoms with Crippen molar-refractivity contribution >= 4 is 14.0 Å². The van der Waals surface area contributed by atoms with Crippen LogP contribution in [0, 0.1) is 40.7 Å². The number of hydrogen-bond donors (Lipinski definition) is 0. The van der Waals surface area contributed by atoms with E-state index < -0.39 is 8.80 Å². The van der Waals surface area contributed by atoms with E-state index in [1.165, 1.54) is 50.1 Å². The summed E-state index contributed by atoms with van der Waals surface area (Å²) in [4.78, 5) is 0. The first-order chi connectivity index (χ1) is 12.3. The predicted octanol–water partition coefficient (Wildman–Crippen LogP) is 5.77. The molecule has 0 atom stereocenters. The van der Waals surface area contributed by atoms with Gasteiger partial charge in [-0.1, -0.05) is 73.1 Å². The zero-order chi connectivity index (χ0) is 18.7. The van der Waals surface area contributed by atoms with Gasteiger partial charge in [-0.3, -0.25) is 0 Å². The molecule has 4 rings (SSSR count). The fraction of sp³-hybridized carbons (Fsp3) is 0.360. The molecule has 0 N–H and O–H groups in total. The molecule has 137 valence electrons. The first-order valence-corrected chi connectivity index (χ1v) is 12.2. The Labute approximate surface area is 185 Å². The van der Waals surface area contributed by atoms with Crippen LogP contribution in [0.15, 0.2) is 24.3 Å². The molecule has 2 aromatic rings. The van der Waals surface area contributed by atoms with Crippen LogP contribution in [0.1, 0.15) is 50.4 Å². The minimum absolute atomic E-state index is 0. The Balaban J connectivity index is 0.00000210. The van der Waals surface area contributed by atoms with Gasteiger partial charge in [-0.15, -0.1) is 22.3 Å². The van der Waals surface area contributed by atoms with Crippen molar-refractivity contribution in [3.63, 3.8) is 0 Å². The largest absolute Gasteiger partial charge is 0.175 e. The second-order valence-electron chi connectivity index (χ2n) is 8.22. The molecule has 0 bridgehead atoms. The smallest absolute Gasteiger partial charge is 0.0798 e. The van der Waals surface area contributed by atoms with Gasteiger partial charge in [-0.2, -0.15) is 11.6 Å². The fourth-order valence-electron chi connectivity index (χ4n) is 4.97. The van der Waals surface area contributed by atoms with Gasteiger partial charge < -0.3 is 0 Å². The molecule has 27 heavy (non-hydrogen) atoms. The van der Waals surface area contributed by atoms with Gasteiger partial charge in [0.1, 0.15) is 0 Å². The summed E-state index contributed by atoms with van der Waals surface area (Å²) in [5, 5.41) is 1.66. The van der Waals surface area contributed by atoms with Crippen molar-refractivity contribution in [2.24, 2.45) is 0 Å². The number of fused-ring (bicyclic) bond motifs is 3. The zero-order valence-electron chi connectivity index (χ0n) is 17.6. The molecule has 0 saturated carbocycles. The molecule has 2 heteroatoms. The van der Waals surface area contributed by atoms with Gasteiger partial charge in [0, 0.05) is 26.2 Å². The Morgan fingerprint density at radius 3 is 2.00 bits per heavy atom. The van der Waals surface area contributed by atoms with E-state index in [1.54, 1.807) is 10.8 Å². The molecule has 2 aromatic carbocycles. The Morgan fingerprint density at radius 1 is 0.815 bits per heavy atom. The SMILES string of the molecule is Cc1c(C2C=CC=C2)[c-]c2c(c1C)-c1c(C)c(C)c(C)c([Si](C)C)c1C2.[Zr]. The third-order valence-corrected chi connectivity index (χ3v) is 8.27. The van der Waals surface area contributed by atoms with Crippen LogP contribution in [0.3, 0.4) is 0 Å². The molecule has 0 unspecified atom stereocenters. The number of hydrogen-bond acceptors (Lipinski definition) is 0. The van der Waals surface area contributed by atoms with Crippen molar-refractivity contribution in [2.75, 3.05) is 0 Å². The first-order valence-electron chi connectivity index (χ1n) is 9.66. The van der Waals surface area contributed by atoms with Crippen molar-refractivity contribution in [3.8, 4) is 11.1 Å². The van der Waals surface area contributed by atoms with Gasteiger partial charge in [-0.25, -0.2) is 0 Å². The van der Waals surface area contributed by atoms with Crippen molar-refractivity contribution in [1.29, 1.82) is 0 Å². The number of rotatable bonds is 2. The van der Waals surface area contributed by atoms with Crippen molar-refractivity contribution in [1.82, 2.24) is 0 Å². The normalized spacial score (nSPS) is 14.7. The summed E-state index contributed by atoms with van der Waals surface area (Å²) in [6.45, 7) is 16.4. The Bertz CT molecular complexity index is 981. The standard InChI is InChI=1S/C25H28Si.Zr/c1-14-16(3)24-22(25(18(14)5)26(6)7)13-20-12-21(19-10-8-9-11-19)15(2)17(4)23(20)24;/h8-11,19H,13H2,1-7H3;/q-1;. The summed E-state index contributed by atoms with van der Waals surface area (Å²) < 4.78 is 0. The summed E-state index contributed by atoms with van der Waals surface area (Å²) in [7, 11) is -0.506. The van der Waals surface area contributed by atoms with Crippen molar-refractivity contribution < 1.29 is 26.2 Å². The average Bonchev–Trinajstić information content (AvgIpc) is 3.23. The summed E-state index contributed by atoms with van der Waals surface area (Å²) >= 11 is 0. The average molecular weight is 448 g/mol. The van der Waals surface area contributed by atoms with Crippen LogP contribution in [0.5, 0.6) is 0 Å². The molecule has 0 heterocycles. The third kappa shape index (κ3) is 3.04. The molecule has 0 amide bonds. The van der Waals surface area contributed by atoms with Crippen molar-refractivity contribution in [2.45, 2.75) is 60.1 Å². The predicted molar refractivity (Wildman–Crippen MR) is 115 cm³/mol. The molecule has 0 aliphatic heterocycles. The van der Waals surface area contributed by atoms with Crippen LogP contribution < -0.4 is 5.19 Å². The summed E-state index contributed by atoms with van der Waals surface area (Å²) in [5.41, 5.74) is 14.8. The number of allylic oxidation sites excluding steroid dienone is 4. The topological polar surface area (TPSA) is 0 Å². The second-order valence-corrected chi connectivity index (χ2v) is 10.7. The van der Waals surface area contributed by atoms with E-state index in [2.05, 4.69) is 78.1 Å². The molecule has 1 radical (unpaired) electrons. The van der Waals surface area contributed by atoms with E-state index in [0.717, 1.165) is 6.42 Å². The van der Waals surface area contributed by atoms with Crippen LogP contribution in [-0.4, -0.2) is 8.80 Å². The Kier molecular flexibility index (Phi) is 5.72. The van der Waals surface area contributed by atoms with E-state index in [-0.39, 0.29) is 26.2 Å². The molecule has 0 saturated heterocycles. The van der Waals surface area contributed by atoms with Gasteiger partial charge >= 0.3 is 0 Å². The monoisotopic (exact) mass is 446 g/mol. The van der Waals surface area contributed by atoms with Crippen LogP contribution in [0.25, 0.3) is 11.1 Å². The quantitative estimate of drug-likeness (QED) is 0.346. The van der Waals surface area contributed by atoms with Gasteiger partial charge in [-0.05, 0) is 44.2 Å². The van der Waals surface area contributed by atoms with Gasteiger partial charge in [0.15, 0.2) is 0 Å². The Morgan fingerprint density at radius 2 is 1.41 bits per heavy atom. The minimum atomic E-state index is -0.506. The maximum atomic E-state index is 3.86. The van der Waals surface area contributed by atoms with E-state index in [9.17, 15) is 0 Å². The fourth-order valence-corrected chi connectivity index (χ4v) is 6.72. The molecule has 0 aromatic heterocycles. The molecular weight excluding hydrogens is 420 g/mol. The molecule has 2 aliphatic rings. The third-order valence-electron chi connectivity index (χ3n) is 6.59. The first kappa shape index (κ1) is 20.7. The van der Waals surface area contributed by atoms with Crippen LogP contribution >= 0.6 is 0 Å². The van der Waals surface area contributed by atoms with Gasteiger partial charge in [0.05, 0.1) is 8.80 Å². The molecule has 0 nitrogen and oxygen atoms in total. The molecular formula is C25H28SiZr-. The van der Waals surface area contributed by atoms with E-state index in [4.69, 9.17) is 0 Å². The van der Waals surface area contributed by atoms with E-state index in [0.29, 0.717) is 5.92 Å². The maximum absolute atomic E-state index is 3.86. The summed E-state index contributed by atoms with van der Waals surface area (Å²) in [6, 6.07) is 3.86. The molecule has 0 fully saturated rings. The minimum Gasteiger partial charge on any atom is -0.175 e. The van der Waals surface area contributed by atoms with Crippen molar-refractivity contribution in [3.05, 3.63) is 74.9 Å². The molecule has 2 aliphatic carbocycles. The van der Waals surface area contributed by atoms with Crippen LogP contribution in [0.4, 0.5) is 0 Å². The van der Waals surface area contributed by atoms with Gasteiger partial charge in [0.25, 0.3) is 0 Å². The second kappa shape index (κ2) is 7.45. The Hall–Kier alpha value is -0.980. The number of benzene rings is 2. The van der Waals surface area contributed by atoms with E-state index >= 15 is 0 Å².